The predicted octanol–water partition coefficient (Wildman–Crippen LogP) is 5.57. The molecule has 0 radical (unpaired) electrons. The van der Waals surface area contributed by atoms with Crippen molar-refractivity contribution in [1.82, 2.24) is 9.88 Å². The third kappa shape index (κ3) is 5.70. The molecule has 0 spiro atoms. The molecule has 1 amide bonds. The number of aromatic nitrogens is 1. The van der Waals surface area contributed by atoms with E-state index in [9.17, 15) is 14.7 Å². The monoisotopic (exact) mass is 512 g/mol. The van der Waals surface area contributed by atoms with Gasteiger partial charge in [-0.1, -0.05) is 48.5 Å². The summed E-state index contributed by atoms with van der Waals surface area (Å²) in [7, 11) is 0. The maximum absolute atomic E-state index is 12.6. The van der Waals surface area contributed by atoms with E-state index in [1.54, 1.807) is 24.3 Å². The van der Waals surface area contributed by atoms with Gasteiger partial charge < -0.3 is 23.9 Å². The summed E-state index contributed by atoms with van der Waals surface area (Å²) in [6.07, 6.45) is 0.0371. The van der Waals surface area contributed by atoms with Gasteiger partial charge in [-0.2, -0.15) is 0 Å². The molecule has 1 aliphatic rings. The summed E-state index contributed by atoms with van der Waals surface area (Å²) in [5, 5.41) is 9.79. The van der Waals surface area contributed by atoms with Gasteiger partial charge in [-0.3, -0.25) is 4.79 Å². The number of ether oxygens (including phenoxy) is 2. The first kappa shape index (κ1) is 25.1. The molecule has 38 heavy (non-hydrogen) atoms. The molecule has 1 N–H and O–H groups in total. The number of aryl methyl sites for hydroxylation is 1. The zero-order valence-corrected chi connectivity index (χ0v) is 20.9. The number of carboxylic acid groups (broad SMARTS) is 1. The van der Waals surface area contributed by atoms with Crippen molar-refractivity contribution in [3.05, 3.63) is 102 Å². The molecule has 0 aliphatic carbocycles. The van der Waals surface area contributed by atoms with Crippen LogP contribution in [0, 0.1) is 12.8 Å². The van der Waals surface area contributed by atoms with Crippen LogP contribution in [0.1, 0.15) is 22.9 Å². The Labute approximate surface area is 220 Å². The Morgan fingerprint density at radius 2 is 1.63 bits per heavy atom. The van der Waals surface area contributed by atoms with Gasteiger partial charge in [0.15, 0.2) is 0 Å². The second kappa shape index (κ2) is 11.2. The van der Waals surface area contributed by atoms with Crippen molar-refractivity contribution in [3.63, 3.8) is 0 Å². The van der Waals surface area contributed by atoms with Crippen molar-refractivity contribution in [3.8, 4) is 23.0 Å². The zero-order valence-electron chi connectivity index (χ0n) is 20.9. The number of carboxylic acids is 1. The molecule has 5 rings (SSSR count). The molecule has 2 heterocycles. The van der Waals surface area contributed by atoms with Gasteiger partial charge in [0.1, 0.15) is 17.3 Å². The van der Waals surface area contributed by atoms with Gasteiger partial charge in [-0.15, -0.1) is 0 Å². The molecule has 4 aromatic rings. The van der Waals surface area contributed by atoms with Crippen LogP contribution in [0.3, 0.4) is 0 Å². The number of hydrogen-bond acceptors (Lipinski definition) is 6. The molecule has 3 aromatic carbocycles. The SMILES string of the molecule is Cc1oc(-c2ccccc2)nc1CCOc1ccc([C@H]2CN(C(=O)Oc3ccccc3)C[C@H]2C(=O)O)cc1. The van der Waals surface area contributed by atoms with Crippen LogP contribution >= 0.6 is 0 Å². The molecule has 2 atom stereocenters. The number of aliphatic carboxylic acids is 1. The normalized spacial score (nSPS) is 16.8. The van der Waals surface area contributed by atoms with E-state index in [0.717, 1.165) is 22.6 Å². The lowest BCUT2D eigenvalue weighted by atomic mass is 9.89. The quantitative estimate of drug-likeness (QED) is 0.329. The van der Waals surface area contributed by atoms with E-state index in [1.165, 1.54) is 4.90 Å². The summed E-state index contributed by atoms with van der Waals surface area (Å²) in [5.41, 5.74) is 2.61. The van der Waals surface area contributed by atoms with Gasteiger partial charge in [0.2, 0.25) is 5.89 Å². The van der Waals surface area contributed by atoms with E-state index in [0.29, 0.717) is 30.4 Å². The van der Waals surface area contributed by atoms with Crippen LogP contribution in [0.2, 0.25) is 0 Å². The van der Waals surface area contributed by atoms with E-state index in [4.69, 9.17) is 13.9 Å². The summed E-state index contributed by atoms with van der Waals surface area (Å²) in [6.45, 7) is 2.66. The highest BCUT2D eigenvalue weighted by Crippen LogP contribution is 2.34. The number of rotatable bonds is 8. The molecular formula is C30H28N2O6. The van der Waals surface area contributed by atoms with Gasteiger partial charge >= 0.3 is 12.1 Å². The van der Waals surface area contributed by atoms with Gasteiger partial charge in [0.25, 0.3) is 0 Å². The van der Waals surface area contributed by atoms with E-state index in [1.807, 2.05) is 67.6 Å². The van der Waals surface area contributed by atoms with Crippen LogP contribution in [-0.2, 0) is 11.2 Å². The molecule has 1 aliphatic heterocycles. The van der Waals surface area contributed by atoms with Crippen LogP contribution in [-0.4, -0.2) is 46.7 Å². The lowest BCUT2D eigenvalue weighted by Gasteiger charge is -2.16. The molecule has 0 bridgehead atoms. The van der Waals surface area contributed by atoms with Crippen molar-refractivity contribution in [2.75, 3.05) is 19.7 Å². The summed E-state index contributed by atoms with van der Waals surface area (Å²) in [5.74, 6) is 0.434. The molecule has 1 fully saturated rings. The highest BCUT2D eigenvalue weighted by Gasteiger charge is 2.41. The number of benzene rings is 3. The highest BCUT2D eigenvalue weighted by molar-refractivity contribution is 5.76. The highest BCUT2D eigenvalue weighted by atomic mass is 16.6. The first-order chi connectivity index (χ1) is 18.5. The van der Waals surface area contributed by atoms with Crippen LogP contribution < -0.4 is 9.47 Å². The number of hydrogen-bond donors (Lipinski definition) is 1. The Bertz CT molecular complexity index is 1390. The number of para-hydroxylation sites is 1. The minimum atomic E-state index is -0.941. The Kier molecular flexibility index (Phi) is 7.40. The maximum Gasteiger partial charge on any atom is 0.415 e. The van der Waals surface area contributed by atoms with E-state index >= 15 is 0 Å². The van der Waals surface area contributed by atoms with Crippen molar-refractivity contribution in [1.29, 1.82) is 0 Å². The molecule has 0 unspecified atom stereocenters. The number of carbonyl (C=O) groups is 2. The number of nitrogens with zero attached hydrogens (tertiary/aromatic N) is 2. The first-order valence-corrected chi connectivity index (χ1v) is 12.5. The van der Waals surface area contributed by atoms with Gasteiger partial charge in [-0.05, 0) is 48.9 Å². The third-order valence-corrected chi connectivity index (χ3v) is 6.67. The molecule has 0 saturated carbocycles. The smallest absolute Gasteiger partial charge is 0.415 e. The lowest BCUT2D eigenvalue weighted by molar-refractivity contribution is -0.141. The molecule has 8 heteroatoms. The second-order valence-corrected chi connectivity index (χ2v) is 9.19. The minimum absolute atomic E-state index is 0.0892. The fraction of sp³-hybridized carbons (Fsp3) is 0.233. The molecular weight excluding hydrogens is 484 g/mol. The van der Waals surface area contributed by atoms with Crippen LogP contribution in [0.15, 0.2) is 89.3 Å². The van der Waals surface area contributed by atoms with Crippen molar-refractivity contribution in [2.45, 2.75) is 19.3 Å². The van der Waals surface area contributed by atoms with Crippen molar-refractivity contribution in [2.24, 2.45) is 5.92 Å². The van der Waals surface area contributed by atoms with E-state index in [2.05, 4.69) is 4.98 Å². The van der Waals surface area contributed by atoms with Crippen LogP contribution in [0.25, 0.3) is 11.5 Å². The van der Waals surface area contributed by atoms with Crippen LogP contribution in [0.5, 0.6) is 11.5 Å². The number of likely N-dealkylation sites (tertiary alicyclic amines) is 1. The average Bonchev–Trinajstić information content (AvgIpc) is 3.55. The third-order valence-electron chi connectivity index (χ3n) is 6.67. The fourth-order valence-corrected chi connectivity index (χ4v) is 4.64. The van der Waals surface area contributed by atoms with Gasteiger partial charge in [-0.25, -0.2) is 9.78 Å². The number of carbonyl (C=O) groups excluding carboxylic acids is 1. The minimum Gasteiger partial charge on any atom is -0.493 e. The number of amides is 1. The summed E-state index contributed by atoms with van der Waals surface area (Å²) >= 11 is 0. The maximum atomic E-state index is 12.6. The predicted molar refractivity (Wildman–Crippen MR) is 140 cm³/mol. The van der Waals surface area contributed by atoms with Crippen molar-refractivity contribution < 1.29 is 28.6 Å². The molecule has 194 valence electrons. The molecule has 8 nitrogen and oxygen atoms in total. The van der Waals surface area contributed by atoms with E-state index < -0.39 is 18.0 Å². The molecule has 1 saturated heterocycles. The topological polar surface area (TPSA) is 102 Å². The summed E-state index contributed by atoms with van der Waals surface area (Å²) in [4.78, 5) is 30.6. The standard InChI is InChI=1S/C30H28N2O6/c1-20-27(31-28(37-20)22-8-4-2-5-9-22)16-17-36-23-14-12-21(13-15-23)25-18-32(19-26(25)29(33)34)30(35)38-24-10-6-3-7-11-24/h2-15,25-26H,16-19H2,1H3,(H,33,34)/t25-,26-/m1/s1. The summed E-state index contributed by atoms with van der Waals surface area (Å²) in [6, 6.07) is 25.9. The zero-order chi connectivity index (χ0) is 26.5. The second-order valence-electron chi connectivity index (χ2n) is 9.19. The molecule has 1 aromatic heterocycles. The van der Waals surface area contributed by atoms with Gasteiger partial charge in [0.05, 0.1) is 18.2 Å². The Morgan fingerprint density at radius 3 is 2.32 bits per heavy atom. The lowest BCUT2D eigenvalue weighted by Crippen LogP contribution is -2.32. The van der Waals surface area contributed by atoms with E-state index in [-0.39, 0.29) is 19.0 Å². The Morgan fingerprint density at radius 1 is 0.947 bits per heavy atom. The Balaban J connectivity index is 1.18. The van der Waals surface area contributed by atoms with Crippen LogP contribution in [0.4, 0.5) is 4.79 Å². The average molecular weight is 513 g/mol. The van der Waals surface area contributed by atoms with Crippen molar-refractivity contribution >= 4 is 12.1 Å². The number of oxazole rings is 1. The van der Waals surface area contributed by atoms with Gasteiger partial charge in [0, 0.05) is 31.0 Å². The largest absolute Gasteiger partial charge is 0.493 e. The summed E-state index contributed by atoms with van der Waals surface area (Å²) < 4.78 is 17.1. The Hall–Kier alpha value is -4.59. The fourth-order valence-electron chi connectivity index (χ4n) is 4.64. The first-order valence-electron chi connectivity index (χ1n) is 12.5.